The topological polar surface area (TPSA) is 52.5 Å². The van der Waals surface area contributed by atoms with Crippen molar-refractivity contribution < 1.29 is 14.4 Å². The number of aryl methyl sites for hydroxylation is 1. The maximum atomic E-state index is 11.4. The van der Waals surface area contributed by atoms with Gasteiger partial charge in [-0.25, -0.2) is 0 Å². The standard InChI is InChI=1S/C26H42O3S2/c1-9-26(10-2,20-11-12-21(18(3)15-20)29-17-31(8)28)24-16-19(4)22(30-24)13-14-23(27)25(5,6)7/h11-12,15,23-24,27H,9-10,13-14,16-17H2,1-8H3/t23-,24?,31?/m1/s1. The second kappa shape index (κ2) is 11.0. The Morgan fingerprint density at radius 1 is 1.23 bits per heavy atom. The third-order valence-electron chi connectivity index (χ3n) is 6.90. The molecule has 1 N–H and O–H groups in total. The summed E-state index contributed by atoms with van der Waals surface area (Å²) in [6.07, 6.45) is 6.46. The second-order valence-corrected chi connectivity index (χ2v) is 12.8. The molecule has 31 heavy (non-hydrogen) atoms. The lowest BCUT2D eigenvalue weighted by molar-refractivity contribution is 0.0564. The minimum atomic E-state index is -0.970. The van der Waals surface area contributed by atoms with Crippen LogP contribution < -0.4 is 4.74 Å². The van der Waals surface area contributed by atoms with Gasteiger partial charge in [0.15, 0.2) is 0 Å². The van der Waals surface area contributed by atoms with Crippen LogP contribution in [0.5, 0.6) is 5.75 Å². The average molecular weight is 467 g/mol. The predicted octanol–water partition coefficient (Wildman–Crippen LogP) is 6.73. The molecule has 1 heterocycles. The van der Waals surface area contributed by atoms with Crippen molar-refractivity contribution >= 4 is 22.9 Å². The van der Waals surface area contributed by atoms with Crippen molar-refractivity contribution in [2.24, 2.45) is 5.41 Å². The van der Waals surface area contributed by atoms with Crippen molar-refractivity contribution in [3.63, 3.8) is 0 Å². The molecule has 0 saturated carbocycles. The number of thioether (sulfide) groups is 1. The van der Waals surface area contributed by atoms with E-state index in [1.807, 2.05) is 11.8 Å². The van der Waals surface area contributed by atoms with Crippen LogP contribution in [0, 0.1) is 12.3 Å². The Kier molecular flexibility index (Phi) is 9.45. The van der Waals surface area contributed by atoms with E-state index in [4.69, 9.17) is 4.74 Å². The zero-order chi connectivity index (χ0) is 23.4. The molecule has 3 atom stereocenters. The molecular formula is C26H42O3S2. The monoisotopic (exact) mass is 466 g/mol. The molecule has 1 aliphatic rings. The highest BCUT2D eigenvalue weighted by Crippen LogP contribution is 2.52. The molecule has 0 spiro atoms. The van der Waals surface area contributed by atoms with Gasteiger partial charge < -0.3 is 14.4 Å². The number of ether oxygens (including phenoxy) is 1. The van der Waals surface area contributed by atoms with Gasteiger partial charge in [0, 0.05) is 10.7 Å². The average Bonchev–Trinajstić information content (AvgIpc) is 3.06. The Hall–Kier alpha value is -0.620. The summed E-state index contributed by atoms with van der Waals surface area (Å²) in [6, 6.07) is 6.54. The first kappa shape index (κ1) is 26.6. The lowest BCUT2D eigenvalue weighted by Gasteiger charge is -2.39. The van der Waals surface area contributed by atoms with Crippen LogP contribution in [0.2, 0.25) is 0 Å². The lowest BCUT2D eigenvalue weighted by Crippen LogP contribution is -2.35. The van der Waals surface area contributed by atoms with E-state index in [1.54, 1.807) is 6.26 Å². The Bertz CT molecular complexity index is 760. The maximum Gasteiger partial charge on any atom is 0.244 e. The van der Waals surface area contributed by atoms with Gasteiger partial charge in [-0.1, -0.05) is 52.3 Å². The first-order valence-electron chi connectivity index (χ1n) is 11.5. The van der Waals surface area contributed by atoms with Gasteiger partial charge in [-0.15, -0.1) is 11.8 Å². The number of hydrogen-bond acceptors (Lipinski definition) is 4. The summed E-state index contributed by atoms with van der Waals surface area (Å²) in [5.74, 6) is 1.06. The number of allylic oxidation sites excluding steroid dienone is 2. The van der Waals surface area contributed by atoms with Gasteiger partial charge in [0.25, 0.3) is 0 Å². The van der Waals surface area contributed by atoms with Gasteiger partial charge in [0.2, 0.25) is 5.94 Å². The number of rotatable bonds is 10. The maximum absolute atomic E-state index is 11.4. The largest absolute Gasteiger partial charge is 0.614 e. The third kappa shape index (κ3) is 6.46. The van der Waals surface area contributed by atoms with Gasteiger partial charge in [0.05, 0.1) is 12.4 Å². The SMILES string of the molecule is CCC(CC)(c1ccc(OC[S+](C)[O-])c(C)c1)C1CC(C)=C(CC[C@@H](O)C(C)(C)C)S1. The molecule has 3 nitrogen and oxygen atoms in total. The highest BCUT2D eigenvalue weighted by atomic mass is 32.2. The molecule has 1 aromatic carbocycles. The van der Waals surface area contributed by atoms with Gasteiger partial charge in [0.1, 0.15) is 5.75 Å². The van der Waals surface area contributed by atoms with Crippen LogP contribution in [0.25, 0.3) is 0 Å². The molecule has 1 aromatic rings. The zero-order valence-corrected chi connectivity index (χ0v) is 22.3. The first-order valence-corrected chi connectivity index (χ1v) is 14.1. The van der Waals surface area contributed by atoms with E-state index in [-0.39, 0.29) is 22.9 Å². The van der Waals surface area contributed by atoms with Crippen LogP contribution in [0.1, 0.15) is 84.8 Å². The first-order chi connectivity index (χ1) is 14.4. The molecular weight excluding hydrogens is 424 g/mol. The smallest absolute Gasteiger partial charge is 0.244 e. The van der Waals surface area contributed by atoms with E-state index in [1.165, 1.54) is 16.0 Å². The van der Waals surface area contributed by atoms with E-state index >= 15 is 0 Å². The van der Waals surface area contributed by atoms with Gasteiger partial charge in [-0.05, 0) is 84.6 Å². The highest BCUT2D eigenvalue weighted by molar-refractivity contribution is 8.04. The fraction of sp³-hybridized carbons (Fsp3) is 0.692. The van der Waals surface area contributed by atoms with Crippen molar-refractivity contribution in [3.05, 3.63) is 39.8 Å². The quantitative estimate of drug-likeness (QED) is 0.388. The predicted molar refractivity (Wildman–Crippen MR) is 136 cm³/mol. The van der Waals surface area contributed by atoms with Crippen molar-refractivity contribution in [1.29, 1.82) is 0 Å². The van der Waals surface area contributed by atoms with Gasteiger partial charge >= 0.3 is 0 Å². The van der Waals surface area contributed by atoms with E-state index in [2.05, 4.69) is 66.7 Å². The van der Waals surface area contributed by atoms with E-state index in [9.17, 15) is 9.66 Å². The fourth-order valence-corrected chi connectivity index (χ4v) is 6.74. The van der Waals surface area contributed by atoms with Crippen molar-refractivity contribution in [3.8, 4) is 5.75 Å². The van der Waals surface area contributed by atoms with Crippen molar-refractivity contribution in [2.45, 2.75) is 97.3 Å². The van der Waals surface area contributed by atoms with Crippen LogP contribution in [-0.2, 0) is 16.6 Å². The normalized spacial score (nSPS) is 19.6. The van der Waals surface area contributed by atoms with E-state index in [0.29, 0.717) is 5.25 Å². The fourth-order valence-electron chi connectivity index (χ4n) is 4.55. The van der Waals surface area contributed by atoms with Crippen molar-refractivity contribution in [2.75, 3.05) is 12.2 Å². The molecule has 0 bridgehead atoms. The lowest BCUT2D eigenvalue weighted by atomic mass is 9.71. The van der Waals surface area contributed by atoms with Crippen molar-refractivity contribution in [1.82, 2.24) is 0 Å². The summed E-state index contributed by atoms with van der Waals surface area (Å²) in [4.78, 5) is 1.47. The summed E-state index contributed by atoms with van der Waals surface area (Å²) in [5, 5.41) is 11.0. The molecule has 5 heteroatoms. The summed E-state index contributed by atoms with van der Waals surface area (Å²) in [5.41, 5.74) is 4.01. The summed E-state index contributed by atoms with van der Waals surface area (Å²) in [7, 11) is 0. The minimum absolute atomic E-state index is 0.0700. The molecule has 2 rings (SSSR count). The molecule has 0 amide bonds. The zero-order valence-electron chi connectivity index (χ0n) is 20.7. The molecule has 0 fully saturated rings. The Morgan fingerprint density at radius 3 is 2.39 bits per heavy atom. The molecule has 0 aliphatic carbocycles. The number of aliphatic hydroxyl groups is 1. The molecule has 0 radical (unpaired) electrons. The number of aliphatic hydroxyl groups excluding tert-OH is 1. The third-order valence-corrected chi connectivity index (χ3v) is 9.09. The van der Waals surface area contributed by atoms with Gasteiger partial charge in [-0.3, -0.25) is 0 Å². The second-order valence-electron chi connectivity index (χ2n) is 10.1. The number of hydrogen-bond donors (Lipinski definition) is 1. The van der Waals surface area contributed by atoms with Crippen LogP contribution in [0.3, 0.4) is 0 Å². The van der Waals surface area contributed by atoms with Gasteiger partial charge in [-0.2, -0.15) is 0 Å². The Balaban J connectivity index is 2.19. The van der Waals surface area contributed by atoms with Crippen LogP contribution in [0.4, 0.5) is 0 Å². The molecule has 0 saturated heterocycles. The molecule has 176 valence electrons. The molecule has 0 aromatic heterocycles. The van der Waals surface area contributed by atoms with E-state index < -0.39 is 11.2 Å². The summed E-state index contributed by atoms with van der Waals surface area (Å²) < 4.78 is 17.1. The highest BCUT2D eigenvalue weighted by Gasteiger charge is 2.41. The van der Waals surface area contributed by atoms with E-state index in [0.717, 1.165) is 43.4 Å². The molecule has 1 aliphatic heterocycles. The number of benzene rings is 1. The Labute approximate surface area is 197 Å². The Morgan fingerprint density at radius 2 is 1.87 bits per heavy atom. The summed E-state index contributed by atoms with van der Waals surface area (Å²) >= 11 is 1.07. The minimum Gasteiger partial charge on any atom is -0.614 e. The van der Waals surface area contributed by atoms with Crippen LogP contribution >= 0.6 is 11.8 Å². The van der Waals surface area contributed by atoms with Crippen LogP contribution in [-0.4, -0.2) is 33.2 Å². The summed E-state index contributed by atoms with van der Waals surface area (Å²) in [6.45, 7) is 15.3. The van der Waals surface area contributed by atoms with Crippen LogP contribution in [0.15, 0.2) is 28.7 Å². The molecule has 2 unspecified atom stereocenters.